The van der Waals surface area contributed by atoms with Gasteiger partial charge >= 0.3 is 5.97 Å². The summed E-state index contributed by atoms with van der Waals surface area (Å²) in [6, 6.07) is 12.4. The van der Waals surface area contributed by atoms with Crippen molar-refractivity contribution in [3.63, 3.8) is 0 Å². The third-order valence-corrected chi connectivity index (χ3v) is 7.15. The minimum Gasteiger partial charge on any atom is -0.497 e. The highest BCUT2D eigenvalue weighted by atomic mass is 32.2. The number of amides is 2. The molecule has 0 aliphatic heterocycles. The second kappa shape index (κ2) is 12.3. The molecule has 1 aliphatic rings. The summed E-state index contributed by atoms with van der Waals surface area (Å²) in [5.74, 6) is -1.70. The molecule has 2 aromatic rings. The van der Waals surface area contributed by atoms with E-state index < -0.39 is 23.1 Å². The maximum absolute atomic E-state index is 13.0. The van der Waals surface area contributed by atoms with Gasteiger partial charge in [0.1, 0.15) is 11.5 Å². The van der Waals surface area contributed by atoms with Crippen molar-refractivity contribution >= 4 is 40.9 Å². The number of anilines is 2. The van der Waals surface area contributed by atoms with Gasteiger partial charge in [-0.05, 0) is 49.6 Å². The van der Waals surface area contributed by atoms with Crippen LogP contribution in [0.4, 0.5) is 11.4 Å². The zero-order chi connectivity index (χ0) is 25.4. The van der Waals surface area contributed by atoms with Crippen LogP contribution in [0, 0.1) is 11.8 Å². The highest BCUT2D eigenvalue weighted by molar-refractivity contribution is 8.00. The Morgan fingerprint density at radius 2 is 1.77 bits per heavy atom. The summed E-state index contributed by atoms with van der Waals surface area (Å²) in [6.07, 6.45) is 4.96. The fraction of sp³-hybridized carbons (Fsp3) is 0.346. The van der Waals surface area contributed by atoms with Crippen molar-refractivity contribution < 1.29 is 29.0 Å². The lowest BCUT2D eigenvalue weighted by Gasteiger charge is -2.24. The molecule has 3 rings (SSSR count). The van der Waals surface area contributed by atoms with E-state index in [0.29, 0.717) is 42.1 Å². The first kappa shape index (κ1) is 26.2. The lowest BCUT2D eigenvalue weighted by Crippen LogP contribution is -2.34. The molecule has 8 nitrogen and oxygen atoms in total. The van der Waals surface area contributed by atoms with Gasteiger partial charge in [0.25, 0.3) is 0 Å². The van der Waals surface area contributed by atoms with Gasteiger partial charge in [-0.2, -0.15) is 0 Å². The van der Waals surface area contributed by atoms with Gasteiger partial charge in [0, 0.05) is 16.6 Å². The van der Waals surface area contributed by atoms with Crippen molar-refractivity contribution in [3.05, 3.63) is 54.6 Å². The number of carboxylic acid groups (broad SMARTS) is 1. The number of benzene rings is 2. The van der Waals surface area contributed by atoms with Crippen LogP contribution in [-0.2, 0) is 14.4 Å². The summed E-state index contributed by atoms with van der Waals surface area (Å²) in [6.45, 7) is 1.92. The Balaban J connectivity index is 1.68. The number of carboxylic acids is 1. The molecule has 0 aromatic heterocycles. The van der Waals surface area contributed by atoms with Gasteiger partial charge in [0.2, 0.25) is 11.8 Å². The molecule has 3 atom stereocenters. The van der Waals surface area contributed by atoms with Crippen molar-refractivity contribution in [2.45, 2.75) is 36.3 Å². The fourth-order valence-electron chi connectivity index (χ4n) is 3.87. The number of rotatable bonds is 10. The number of hydrogen-bond donors (Lipinski definition) is 3. The molecule has 3 unspecified atom stereocenters. The average molecular weight is 499 g/mol. The first-order valence-electron chi connectivity index (χ1n) is 11.3. The van der Waals surface area contributed by atoms with E-state index >= 15 is 0 Å². The van der Waals surface area contributed by atoms with Crippen molar-refractivity contribution in [1.29, 1.82) is 0 Å². The highest BCUT2D eigenvalue weighted by Gasteiger charge is 2.34. The van der Waals surface area contributed by atoms with Crippen LogP contribution in [0.3, 0.4) is 0 Å². The monoisotopic (exact) mass is 498 g/mol. The molecule has 35 heavy (non-hydrogen) atoms. The maximum Gasteiger partial charge on any atom is 0.307 e. The fourth-order valence-corrected chi connectivity index (χ4v) is 4.88. The average Bonchev–Trinajstić information content (AvgIpc) is 2.87. The number of hydrogen-bond acceptors (Lipinski definition) is 6. The van der Waals surface area contributed by atoms with Crippen molar-refractivity contribution in [3.8, 4) is 11.5 Å². The molecule has 186 valence electrons. The normalized spacial score (nSPS) is 17.8. The number of carbonyl (C=O) groups excluding carboxylic acids is 2. The molecule has 2 amide bonds. The summed E-state index contributed by atoms with van der Waals surface area (Å²) in [7, 11) is 3.09. The van der Waals surface area contributed by atoms with Gasteiger partial charge in [-0.25, -0.2) is 0 Å². The van der Waals surface area contributed by atoms with E-state index in [1.54, 1.807) is 49.6 Å². The molecule has 0 saturated heterocycles. The van der Waals surface area contributed by atoms with Crippen LogP contribution in [0.5, 0.6) is 11.5 Å². The van der Waals surface area contributed by atoms with Gasteiger partial charge < -0.3 is 25.2 Å². The van der Waals surface area contributed by atoms with Crippen LogP contribution in [0.15, 0.2) is 59.5 Å². The van der Waals surface area contributed by atoms with Gasteiger partial charge in [-0.3, -0.25) is 14.4 Å². The molecule has 0 heterocycles. The second-order valence-corrected chi connectivity index (χ2v) is 9.36. The molecule has 3 N–H and O–H groups in total. The van der Waals surface area contributed by atoms with Crippen molar-refractivity contribution in [2.75, 3.05) is 24.9 Å². The Morgan fingerprint density at radius 1 is 1.03 bits per heavy atom. The minimum atomic E-state index is -0.969. The predicted octanol–water partition coefficient (Wildman–Crippen LogP) is 4.82. The summed E-state index contributed by atoms with van der Waals surface area (Å²) >= 11 is 1.38. The summed E-state index contributed by atoms with van der Waals surface area (Å²) in [5, 5.41) is 14.8. The Morgan fingerprint density at radius 3 is 2.43 bits per heavy atom. The van der Waals surface area contributed by atoms with E-state index in [2.05, 4.69) is 10.6 Å². The number of ether oxygens (including phenoxy) is 2. The van der Waals surface area contributed by atoms with E-state index in [1.165, 1.54) is 18.9 Å². The quantitative estimate of drug-likeness (QED) is 0.318. The summed E-state index contributed by atoms with van der Waals surface area (Å²) in [4.78, 5) is 38.2. The van der Waals surface area contributed by atoms with Crippen LogP contribution in [0.2, 0.25) is 0 Å². The Labute approximate surface area is 209 Å². The lowest BCUT2D eigenvalue weighted by atomic mass is 9.82. The van der Waals surface area contributed by atoms with E-state index in [4.69, 9.17) is 9.47 Å². The van der Waals surface area contributed by atoms with Crippen LogP contribution in [-0.4, -0.2) is 42.4 Å². The van der Waals surface area contributed by atoms with Gasteiger partial charge in [-0.1, -0.05) is 25.1 Å². The molecule has 0 bridgehead atoms. The first-order chi connectivity index (χ1) is 16.9. The highest BCUT2D eigenvalue weighted by Crippen LogP contribution is 2.33. The molecule has 0 radical (unpaired) electrons. The van der Waals surface area contributed by atoms with E-state index in [9.17, 15) is 19.5 Å². The van der Waals surface area contributed by atoms with E-state index in [-0.39, 0.29) is 11.8 Å². The first-order valence-corrected chi connectivity index (χ1v) is 12.2. The third kappa shape index (κ3) is 6.79. The largest absolute Gasteiger partial charge is 0.497 e. The standard InChI is InChI=1S/C26H30N2O6S/c1-4-23(25(30)28-21-15-17(33-2)12-13-22(21)34-3)35-18-9-7-8-16(14-18)27-24(29)19-10-5-6-11-20(19)26(31)32/h5-9,12-15,19-20,23H,4,10-11H2,1-3H3,(H,27,29)(H,28,30)(H,31,32). The van der Waals surface area contributed by atoms with Crippen molar-refractivity contribution in [2.24, 2.45) is 11.8 Å². The summed E-state index contributed by atoms with van der Waals surface area (Å²) < 4.78 is 10.6. The minimum absolute atomic E-state index is 0.184. The maximum atomic E-state index is 13.0. The molecule has 1 aliphatic carbocycles. The third-order valence-electron chi connectivity index (χ3n) is 5.79. The topological polar surface area (TPSA) is 114 Å². The predicted molar refractivity (Wildman–Crippen MR) is 136 cm³/mol. The number of allylic oxidation sites excluding steroid dienone is 2. The van der Waals surface area contributed by atoms with Gasteiger partial charge in [0.05, 0.1) is 37.0 Å². The number of nitrogens with one attached hydrogen (secondary N) is 2. The summed E-state index contributed by atoms with van der Waals surface area (Å²) in [5.41, 5.74) is 1.08. The van der Waals surface area contributed by atoms with Crippen LogP contribution >= 0.6 is 11.8 Å². The molecule has 0 fully saturated rings. The Hall–Kier alpha value is -3.46. The van der Waals surface area contributed by atoms with Gasteiger partial charge in [-0.15, -0.1) is 11.8 Å². The van der Waals surface area contributed by atoms with Crippen LogP contribution in [0.1, 0.15) is 26.2 Å². The molecule has 2 aromatic carbocycles. The van der Waals surface area contributed by atoms with Crippen LogP contribution < -0.4 is 20.1 Å². The Kier molecular flexibility index (Phi) is 9.19. The van der Waals surface area contributed by atoms with Gasteiger partial charge in [0.15, 0.2) is 0 Å². The second-order valence-electron chi connectivity index (χ2n) is 8.08. The van der Waals surface area contributed by atoms with E-state index in [0.717, 1.165) is 4.90 Å². The molecule has 9 heteroatoms. The number of aliphatic carboxylic acids is 1. The molecule has 0 spiro atoms. The van der Waals surface area contributed by atoms with Crippen LogP contribution in [0.25, 0.3) is 0 Å². The zero-order valence-electron chi connectivity index (χ0n) is 19.9. The smallest absolute Gasteiger partial charge is 0.307 e. The Bertz CT molecular complexity index is 1100. The number of thioether (sulfide) groups is 1. The molecular weight excluding hydrogens is 468 g/mol. The lowest BCUT2D eigenvalue weighted by molar-refractivity contribution is -0.146. The number of methoxy groups -OCH3 is 2. The number of carbonyl (C=O) groups is 3. The molecule has 0 saturated carbocycles. The van der Waals surface area contributed by atoms with Crippen molar-refractivity contribution in [1.82, 2.24) is 0 Å². The van der Waals surface area contributed by atoms with E-state index in [1.807, 2.05) is 19.1 Å². The molecular formula is C26H30N2O6S. The SMILES string of the molecule is CCC(Sc1cccc(NC(=O)C2CC=CCC2C(=O)O)c1)C(=O)Nc1cc(OC)ccc1OC. The zero-order valence-corrected chi connectivity index (χ0v) is 20.8.